The standard InChI is InChI=1S/C4H9O.2K.H3O4P/c1-4(2,3)5;;;1-5(2,3)4/h1-3H3;;;(H3,1,2,3,4)/q-1;2*+1;/p-1. The molecule has 2 N–H and O–H groups in total. The molecule has 0 bridgehead atoms. The van der Waals surface area contributed by atoms with Gasteiger partial charge in [0.25, 0.3) is 7.82 Å². The normalized spacial score (nSPS) is 9.92. The van der Waals surface area contributed by atoms with Crippen molar-refractivity contribution in [1.29, 1.82) is 0 Å². The van der Waals surface area contributed by atoms with Gasteiger partial charge in [0.05, 0.1) is 0 Å². The molecule has 0 amide bonds. The summed E-state index contributed by atoms with van der Waals surface area (Å²) in [6.07, 6.45) is 0. The second-order valence-corrected chi connectivity index (χ2v) is 3.58. The molecule has 0 atom stereocenters. The fourth-order valence-corrected chi connectivity index (χ4v) is 0. The molecule has 0 aliphatic rings. The zero-order chi connectivity index (χ0) is 9.00. The first-order valence-corrected chi connectivity index (χ1v) is 4.00. The number of hydrogen-bond acceptors (Lipinski definition) is 3. The molecule has 12 heavy (non-hydrogen) atoms. The van der Waals surface area contributed by atoms with Gasteiger partial charge in [-0.15, -0.1) is 5.60 Å². The van der Waals surface area contributed by atoms with Gasteiger partial charge < -0.3 is 19.8 Å². The minimum atomic E-state index is -4.89. The van der Waals surface area contributed by atoms with E-state index in [0.29, 0.717) is 0 Å². The fraction of sp³-hybridized carbons (Fsp3) is 1.00. The molecule has 64 valence electrons. The Kier molecular flexibility index (Phi) is 22.2. The largest absolute Gasteiger partial charge is 1.00 e. The van der Waals surface area contributed by atoms with Gasteiger partial charge in [-0.25, -0.2) is 0 Å². The molecule has 0 unspecified atom stereocenters. The van der Waals surface area contributed by atoms with Crippen molar-refractivity contribution in [3.05, 3.63) is 0 Å². The molecular formula is C4H11K2O5P. The Balaban J connectivity index is -0.0000000457. The predicted molar refractivity (Wildman–Crippen MR) is 31.8 cm³/mol. The molecule has 0 saturated heterocycles. The summed E-state index contributed by atoms with van der Waals surface area (Å²) in [4.78, 5) is 22.9. The maximum Gasteiger partial charge on any atom is 1.00 e. The van der Waals surface area contributed by atoms with Crippen molar-refractivity contribution in [2.24, 2.45) is 0 Å². The van der Waals surface area contributed by atoms with Crippen LogP contribution in [0.25, 0.3) is 0 Å². The molecule has 0 aromatic heterocycles. The molecule has 8 heteroatoms. The second-order valence-electron chi connectivity index (χ2n) is 2.60. The van der Waals surface area contributed by atoms with Gasteiger partial charge >= 0.3 is 103 Å². The van der Waals surface area contributed by atoms with Crippen LogP contribution in [0, 0.1) is 0 Å². The minimum absolute atomic E-state index is 0. The van der Waals surface area contributed by atoms with E-state index in [1.54, 1.807) is 20.8 Å². The third kappa shape index (κ3) is 182. The van der Waals surface area contributed by atoms with Crippen molar-refractivity contribution in [2.75, 3.05) is 0 Å². The summed E-state index contributed by atoms with van der Waals surface area (Å²) in [5.74, 6) is 0. The van der Waals surface area contributed by atoms with E-state index in [0.717, 1.165) is 0 Å². The number of rotatable bonds is 0. The van der Waals surface area contributed by atoms with Crippen molar-refractivity contribution in [3.8, 4) is 0 Å². The van der Waals surface area contributed by atoms with Gasteiger partial charge in [0.2, 0.25) is 0 Å². The van der Waals surface area contributed by atoms with Crippen LogP contribution in [0.3, 0.4) is 0 Å². The molecule has 0 heterocycles. The average molecular weight is 248 g/mol. The van der Waals surface area contributed by atoms with E-state index < -0.39 is 13.4 Å². The van der Waals surface area contributed by atoms with Gasteiger partial charge in [-0.3, -0.25) is 4.57 Å². The van der Waals surface area contributed by atoms with Gasteiger partial charge in [0.1, 0.15) is 0 Å². The Labute approximate surface area is 157 Å². The molecule has 0 radical (unpaired) electrons. The zero-order valence-corrected chi connectivity index (χ0v) is 15.2. The van der Waals surface area contributed by atoms with E-state index >= 15 is 0 Å². The third-order valence-electron chi connectivity index (χ3n) is 0. The van der Waals surface area contributed by atoms with E-state index in [4.69, 9.17) is 19.2 Å². The molecule has 5 nitrogen and oxygen atoms in total. The number of phosphoric acid groups is 1. The molecule has 0 aromatic carbocycles. The van der Waals surface area contributed by atoms with E-state index in [1.807, 2.05) is 0 Å². The van der Waals surface area contributed by atoms with Crippen LogP contribution in [0.4, 0.5) is 0 Å². The molecule has 0 rings (SSSR count). The van der Waals surface area contributed by atoms with Crippen LogP contribution in [-0.4, -0.2) is 15.4 Å². The van der Waals surface area contributed by atoms with E-state index in [1.165, 1.54) is 0 Å². The SMILES string of the molecule is CC(C)(C)[O-].O=P([O-])(O)O.[K+].[K+]. The summed E-state index contributed by atoms with van der Waals surface area (Å²) in [6.45, 7) is 4.90. The van der Waals surface area contributed by atoms with Gasteiger partial charge in [0, 0.05) is 0 Å². The first-order valence-electron chi connectivity index (χ1n) is 2.47. The van der Waals surface area contributed by atoms with Crippen LogP contribution in [0.1, 0.15) is 20.8 Å². The van der Waals surface area contributed by atoms with Gasteiger partial charge in [-0.05, 0) is 0 Å². The Morgan fingerprint density at radius 1 is 1.17 bits per heavy atom. The Morgan fingerprint density at radius 2 is 1.17 bits per heavy atom. The second kappa shape index (κ2) is 10.8. The maximum absolute atomic E-state index is 10.1. The molecule has 0 spiro atoms. The monoisotopic (exact) mass is 248 g/mol. The van der Waals surface area contributed by atoms with Crippen molar-refractivity contribution in [3.63, 3.8) is 0 Å². The molecular weight excluding hydrogens is 237 g/mol. The molecule has 0 aliphatic carbocycles. The Hall–Kier alpha value is 3.34. The zero-order valence-electron chi connectivity index (χ0n) is 8.07. The van der Waals surface area contributed by atoms with Crippen LogP contribution >= 0.6 is 7.82 Å². The molecule has 0 saturated carbocycles. The summed E-state index contributed by atoms with van der Waals surface area (Å²) in [7, 11) is -4.89. The van der Waals surface area contributed by atoms with Crippen molar-refractivity contribution in [1.82, 2.24) is 0 Å². The number of hydrogen-bond donors (Lipinski definition) is 2. The first-order chi connectivity index (χ1) is 4.00. The average Bonchev–Trinajstić information content (AvgIpc) is 1.12. The van der Waals surface area contributed by atoms with Crippen LogP contribution < -0.4 is 113 Å². The van der Waals surface area contributed by atoms with E-state index in [9.17, 15) is 5.11 Å². The maximum atomic E-state index is 10.1. The van der Waals surface area contributed by atoms with Gasteiger partial charge in [-0.2, -0.15) is 0 Å². The summed E-state index contributed by atoms with van der Waals surface area (Å²) in [5, 5.41) is 10.1. The summed E-state index contributed by atoms with van der Waals surface area (Å²) < 4.78 is 8.77. The van der Waals surface area contributed by atoms with Crippen LogP contribution in [0.5, 0.6) is 0 Å². The topological polar surface area (TPSA) is 104 Å². The van der Waals surface area contributed by atoms with Crippen molar-refractivity contribution in [2.45, 2.75) is 26.4 Å². The van der Waals surface area contributed by atoms with E-state index in [-0.39, 0.29) is 103 Å². The quantitative estimate of drug-likeness (QED) is 0.327. The fourth-order valence-electron chi connectivity index (χ4n) is 0. The van der Waals surface area contributed by atoms with E-state index in [2.05, 4.69) is 0 Å². The van der Waals surface area contributed by atoms with Crippen LogP contribution in [0.15, 0.2) is 0 Å². The summed E-state index contributed by atoms with van der Waals surface area (Å²) in [6, 6.07) is 0. The minimum Gasteiger partial charge on any atom is -0.850 e. The van der Waals surface area contributed by atoms with Crippen LogP contribution in [0.2, 0.25) is 0 Å². The van der Waals surface area contributed by atoms with Crippen LogP contribution in [-0.2, 0) is 4.57 Å². The van der Waals surface area contributed by atoms with Gasteiger partial charge in [0.15, 0.2) is 0 Å². The Bertz CT molecular complexity index is 114. The van der Waals surface area contributed by atoms with Gasteiger partial charge in [-0.1, -0.05) is 20.8 Å². The third-order valence-corrected chi connectivity index (χ3v) is 0. The first kappa shape index (κ1) is 24.5. The molecule has 0 aromatic rings. The smallest absolute Gasteiger partial charge is 0.850 e. The van der Waals surface area contributed by atoms with Crippen molar-refractivity contribution < 1.29 is 127 Å². The van der Waals surface area contributed by atoms with Crippen molar-refractivity contribution >= 4 is 7.82 Å². The predicted octanol–water partition coefficient (Wildman–Crippen LogP) is -7.41. The molecule has 0 fully saturated rings. The Morgan fingerprint density at radius 3 is 1.17 bits per heavy atom. The summed E-state index contributed by atoms with van der Waals surface area (Å²) in [5.41, 5.74) is -0.750. The molecule has 0 aliphatic heterocycles. The summed E-state index contributed by atoms with van der Waals surface area (Å²) >= 11 is 0.